The van der Waals surface area contributed by atoms with E-state index in [2.05, 4.69) is 48.1 Å². The summed E-state index contributed by atoms with van der Waals surface area (Å²) in [4.78, 5) is 12.6. The van der Waals surface area contributed by atoms with Gasteiger partial charge in [-0.1, -0.05) is 62.0 Å². The first kappa shape index (κ1) is 23.6. The first-order valence-electron chi connectivity index (χ1n) is 10.8. The zero-order valence-corrected chi connectivity index (χ0v) is 19.7. The number of carbonyl (C=O) groups is 1. The Kier molecular flexibility index (Phi) is 8.50. The number of rotatable bonds is 11. The number of thioether (sulfide) groups is 1. The smallest absolute Gasteiger partial charge is 0.234 e. The van der Waals surface area contributed by atoms with E-state index in [0.29, 0.717) is 24.1 Å². The van der Waals surface area contributed by atoms with Crippen LogP contribution < -0.4 is 10.1 Å². The Morgan fingerprint density at radius 3 is 2.62 bits per heavy atom. The Morgan fingerprint density at radius 2 is 1.94 bits per heavy atom. The lowest BCUT2D eigenvalue weighted by Crippen LogP contribution is -2.17. The summed E-state index contributed by atoms with van der Waals surface area (Å²) in [6, 6.07) is 14.1. The van der Waals surface area contributed by atoms with Crippen LogP contribution in [0, 0.1) is 6.92 Å². The van der Waals surface area contributed by atoms with Gasteiger partial charge in [0.05, 0.1) is 5.75 Å². The summed E-state index contributed by atoms with van der Waals surface area (Å²) in [7, 11) is 0. The van der Waals surface area contributed by atoms with Crippen molar-refractivity contribution in [2.24, 2.45) is 0 Å². The number of anilines is 1. The predicted octanol–water partition coefficient (Wildman–Crippen LogP) is 5.21. The van der Waals surface area contributed by atoms with E-state index in [4.69, 9.17) is 4.74 Å². The summed E-state index contributed by atoms with van der Waals surface area (Å²) in [5.41, 5.74) is 4.35. The fourth-order valence-corrected chi connectivity index (χ4v) is 4.09. The second kappa shape index (κ2) is 11.5. The Balaban J connectivity index is 1.63. The van der Waals surface area contributed by atoms with Crippen LogP contribution in [0.15, 0.2) is 60.3 Å². The van der Waals surface area contributed by atoms with Crippen molar-refractivity contribution in [2.45, 2.75) is 51.9 Å². The van der Waals surface area contributed by atoms with E-state index in [9.17, 15) is 4.79 Å². The quantitative estimate of drug-likeness (QED) is 0.321. The van der Waals surface area contributed by atoms with Crippen molar-refractivity contribution in [2.75, 3.05) is 11.1 Å². The maximum atomic E-state index is 12.6. The van der Waals surface area contributed by atoms with E-state index < -0.39 is 0 Å². The van der Waals surface area contributed by atoms with Gasteiger partial charge in [0.25, 0.3) is 0 Å². The summed E-state index contributed by atoms with van der Waals surface area (Å²) < 4.78 is 7.82. The second-order valence-electron chi connectivity index (χ2n) is 7.38. The molecule has 0 aliphatic heterocycles. The van der Waals surface area contributed by atoms with Crippen LogP contribution in [0.5, 0.6) is 5.75 Å². The Hall–Kier alpha value is -3.06. The maximum absolute atomic E-state index is 12.6. The molecular formula is C25H30N4O2S. The van der Waals surface area contributed by atoms with Crippen LogP contribution in [0.3, 0.4) is 0 Å². The number of nitrogens with zero attached hydrogens (tertiary/aromatic N) is 3. The van der Waals surface area contributed by atoms with E-state index in [0.717, 1.165) is 35.4 Å². The highest BCUT2D eigenvalue weighted by Gasteiger charge is 2.15. The molecule has 32 heavy (non-hydrogen) atoms. The molecule has 1 amide bonds. The van der Waals surface area contributed by atoms with Crippen LogP contribution >= 0.6 is 11.8 Å². The van der Waals surface area contributed by atoms with E-state index in [1.54, 1.807) is 6.08 Å². The number of amides is 1. The van der Waals surface area contributed by atoms with E-state index >= 15 is 0 Å². The van der Waals surface area contributed by atoms with Crippen molar-refractivity contribution < 1.29 is 9.53 Å². The number of benzene rings is 2. The number of nitrogens with one attached hydrogen (secondary N) is 1. The van der Waals surface area contributed by atoms with Gasteiger partial charge in [-0.15, -0.1) is 16.8 Å². The summed E-state index contributed by atoms with van der Waals surface area (Å²) in [6.07, 6.45) is 3.64. The third kappa shape index (κ3) is 6.01. The van der Waals surface area contributed by atoms with E-state index in [-0.39, 0.29) is 11.7 Å². The topological polar surface area (TPSA) is 69.0 Å². The lowest BCUT2D eigenvalue weighted by Gasteiger charge is -2.13. The molecule has 1 heterocycles. The summed E-state index contributed by atoms with van der Waals surface area (Å²) in [5, 5.41) is 12.3. The van der Waals surface area contributed by atoms with Gasteiger partial charge in [-0.2, -0.15) is 0 Å². The molecule has 0 saturated heterocycles. The number of para-hydroxylation sites is 1. The molecule has 1 N–H and O–H groups in total. The number of ether oxygens (including phenoxy) is 1. The average Bonchev–Trinajstić information content (AvgIpc) is 3.19. The molecule has 2 aromatic carbocycles. The molecule has 0 aliphatic carbocycles. The second-order valence-corrected chi connectivity index (χ2v) is 8.33. The standard InChI is InChI=1S/C25H30N4O2S/c1-5-15-29-22(16-31-21-13-11-19(6-2)12-14-21)27-28-25(29)32-17-23(30)26-24-18(4)9-8-10-20(24)7-3/h5,8-14H,1,6-7,15-17H2,2-4H3,(H,26,30). The molecule has 0 bridgehead atoms. The average molecular weight is 451 g/mol. The third-order valence-electron chi connectivity index (χ3n) is 5.14. The molecule has 3 rings (SSSR count). The van der Waals surface area contributed by atoms with E-state index in [1.807, 2.05) is 41.8 Å². The monoisotopic (exact) mass is 450 g/mol. The molecule has 168 valence electrons. The summed E-state index contributed by atoms with van der Waals surface area (Å²) >= 11 is 1.36. The summed E-state index contributed by atoms with van der Waals surface area (Å²) in [6.45, 7) is 10.9. The van der Waals surface area contributed by atoms with Gasteiger partial charge in [0.2, 0.25) is 5.91 Å². The molecule has 0 radical (unpaired) electrons. The van der Waals surface area contributed by atoms with E-state index in [1.165, 1.54) is 17.3 Å². The fraction of sp³-hybridized carbons (Fsp3) is 0.320. The van der Waals surface area contributed by atoms with Crippen molar-refractivity contribution in [3.8, 4) is 5.75 Å². The number of carbonyl (C=O) groups excluding carboxylic acids is 1. The van der Waals surface area contributed by atoms with Crippen molar-refractivity contribution in [3.63, 3.8) is 0 Å². The fourth-order valence-electron chi connectivity index (χ4n) is 3.32. The van der Waals surface area contributed by atoms with Gasteiger partial charge in [0.15, 0.2) is 11.0 Å². The first-order chi connectivity index (χ1) is 15.5. The molecule has 0 aliphatic rings. The summed E-state index contributed by atoms with van der Waals surface area (Å²) in [5.74, 6) is 1.65. The van der Waals surface area contributed by atoms with Crippen molar-refractivity contribution in [1.82, 2.24) is 14.8 Å². The largest absolute Gasteiger partial charge is 0.486 e. The van der Waals surface area contributed by atoms with Crippen LogP contribution in [0.4, 0.5) is 5.69 Å². The molecule has 7 heteroatoms. The SMILES string of the molecule is C=CCn1c(COc2ccc(CC)cc2)nnc1SCC(=O)Nc1c(C)cccc1CC. The lowest BCUT2D eigenvalue weighted by atomic mass is 10.1. The maximum Gasteiger partial charge on any atom is 0.234 e. The molecule has 6 nitrogen and oxygen atoms in total. The highest BCUT2D eigenvalue weighted by molar-refractivity contribution is 7.99. The molecule has 0 spiro atoms. The van der Waals surface area contributed by atoms with Crippen LogP contribution in [-0.4, -0.2) is 26.4 Å². The van der Waals surface area contributed by atoms with Crippen LogP contribution in [0.1, 0.15) is 36.4 Å². The minimum absolute atomic E-state index is 0.0685. The van der Waals surface area contributed by atoms with Gasteiger partial charge >= 0.3 is 0 Å². The predicted molar refractivity (Wildman–Crippen MR) is 130 cm³/mol. The van der Waals surface area contributed by atoms with Gasteiger partial charge in [-0.3, -0.25) is 9.36 Å². The number of aromatic nitrogens is 3. The zero-order valence-electron chi connectivity index (χ0n) is 18.9. The molecule has 0 unspecified atom stereocenters. The van der Waals surface area contributed by atoms with Gasteiger partial charge in [0.1, 0.15) is 12.4 Å². The van der Waals surface area contributed by atoms with Crippen LogP contribution in [0.2, 0.25) is 0 Å². The number of aryl methyl sites for hydroxylation is 3. The van der Waals surface area contributed by atoms with Crippen molar-refractivity contribution in [1.29, 1.82) is 0 Å². The molecule has 0 saturated carbocycles. The molecule has 3 aromatic rings. The van der Waals surface area contributed by atoms with Gasteiger partial charge in [-0.05, 0) is 48.6 Å². The Labute approximate surface area is 194 Å². The highest BCUT2D eigenvalue weighted by Crippen LogP contribution is 2.23. The Bertz CT molecular complexity index is 1060. The minimum Gasteiger partial charge on any atom is -0.486 e. The van der Waals surface area contributed by atoms with Gasteiger partial charge < -0.3 is 10.1 Å². The number of hydrogen-bond donors (Lipinski definition) is 1. The zero-order chi connectivity index (χ0) is 22.9. The first-order valence-corrected chi connectivity index (χ1v) is 11.8. The molecule has 1 aromatic heterocycles. The minimum atomic E-state index is -0.0685. The van der Waals surface area contributed by atoms with Crippen molar-refractivity contribution in [3.05, 3.63) is 77.6 Å². The number of hydrogen-bond acceptors (Lipinski definition) is 5. The van der Waals surface area contributed by atoms with Gasteiger partial charge in [-0.25, -0.2) is 0 Å². The Morgan fingerprint density at radius 1 is 1.16 bits per heavy atom. The molecule has 0 atom stereocenters. The highest BCUT2D eigenvalue weighted by atomic mass is 32.2. The van der Waals surface area contributed by atoms with Crippen LogP contribution in [0.25, 0.3) is 0 Å². The van der Waals surface area contributed by atoms with Crippen molar-refractivity contribution >= 4 is 23.4 Å². The lowest BCUT2D eigenvalue weighted by molar-refractivity contribution is -0.113. The third-order valence-corrected chi connectivity index (χ3v) is 6.11. The van der Waals surface area contributed by atoms with Gasteiger partial charge in [0, 0.05) is 12.2 Å². The molecule has 0 fully saturated rings. The van der Waals surface area contributed by atoms with Crippen LogP contribution in [-0.2, 0) is 30.8 Å². The number of allylic oxidation sites excluding steroid dienone is 1. The molecular weight excluding hydrogens is 420 g/mol. The normalized spacial score (nSPS) is 10.7.